The lowest BCUT2D eigenvalue weighted by Gasteiger charge is -2.02. The van der Waals surface area contributed by atoms with Crippen molar-refractivity contribution in [2.75, 3.05) is 0 Å². The molecule has 2 fully saturated rings. The van der Waals surface area contributed by atoms with Gasteiger partial charge in [-0.3, -0.25) is 9.78 Å². The molecule has 2 unspecified atom stereocenters. The average molecular weight is 243 g/mol. The molecule has 0 saturated heterocycles. The summed E-state index contributed by atoms with van der Waals surface area (Å²) in [5, 5.41) is 0. The van der Waals surface area contributed by atoms with Crippen molar-refractivity contribution in [1.82, 2.24) is 4.98 Å². The first-order chi connectivity index (χ1) is 8.74. The van der Waals surface area contributed by atoms with Crippen LogP contribution in [0.1, 0.15) is 29.6 Å². The van der Waals surface area contributed by atoms with E-state index in [4.69, 9.17) is 4.42 Å². The maximum atomic E-state index is 12.3. The summed E-state index contributed by atoms with van der Waals surface area (Å²) in [5.74, 6) is 1.20. The number of Topliss-reactive ketones (excluding diaryl/α,β-unsaturated/α-hetero) is 1. The predicted octanol–water partition coefficient (Wildman–Crippen LogP) is 2.35. The number of hydrogen-bond donors (Lipinski definition) is 1. The van der Waals surface area contributed by atoms with Crippen LogP contribution in [0.25, 0.3) is 11.1 Å². The molecule has 2 aliphatic rings. The third-order valence-electron chi connectivity index (χ3n) is 4.41. The van der Waals surface area contributed by atoms with Gasteiger partial charge in [0.15, 0.2) is 11.4 Å². The molecule has 4 rings (SSSR count). The van der Waals surface area contributed by atoms with Crippen LogP contribution >= 0.6 is 0 Å². The lowest BCUT2D eigenvalue weighted by molar-refractivity contribution is 0.0951. The van der Waals surface area contributed by atoms with Crippen LogP contribution in [0.4, 0.5) is 0 Å². The summed E-state index contributed by atoms with van der Waals surface area (Å²) < 4.78 is 4.99. The second kappa shape index (κ2) is 3.34. The van der Waals surface area contributed by atoms with E-state index in [1.807, 2.05) is 0 Å². The van der Waals surface area contributed by atoms with Crippen LogP contribution in [0.3, 0.4) is 0 Å². The van der Waals surface area contributed by atoms with Gasteiger partial charge in [0, 0.05) is 11.5 Å². The highest BCUT2D eigenvalue weighted by Gasteiger charge is 2.56. The van der Waals surface area contributed by atoms with E-state index in [2.05, 4.69) is 4.98 Å². The maximum absolute atomic E-state index is 12.3. The third kappa shape index (κ3) is 1.32. The van der Waals surface area contributed by atoms with Crippen LogP contribution in [0.2, 0.25) is 0 Å². The van der Waals surface area contributed by atoms with Crippen LogP contribution in [-0.4, -0.2) is 10.8 Å². The fourth-order valence-electron chi connectivity index (χ4n) is 3.50. The van der Waals surface area contributed by atoms with Gasteiger partial charge in [-0.1, -0.05) is 6.42 Å². The zero-order valence-corrected chi connectivity index (χ0v) is 9.81. The number of nitrogens with one attached hydrogen (secondary N) is 1. The lowest BCUT2D eigenvalue weighted by Crippen LogP contribution is -2.05. The summed E-state index contributed by atoms with van der Waals surface area (Å²) in [7, 11) is 0. The van der Waals surface area contributed by atoms with E-state index in [1.165, 1.54) is 19.3 Å². The zero-order chi connectivity index (χ0) is 12.3. The van der Waals surface area contributed by atoms with Gasteiger partial charge in [0.1, 0.15) is 0 Å². The van der Waals surface area contributed by atoms with Gasteiger partial charge in [-0.05, 0) is 42.9 Å². The molecule has 0 radical (unpaired) electrons. The molecular weight excluding hydrogens is 230 g/mol. The van der Waals surface area contributed by atoms with Gasteiger partial charge >= 0.3 is 5.76 Å². The van der Waals surface area contributed by atoms with Gasteiger partial charge in [-0.25, -0.2) is 4.79 Å². The van der Waals surface area contributed by atoms with Crippen LogP contribution in [0.5, 0.6) is 0 Å². The number of ketones is 1. The van der Waals surface area contributed by atoms with E-state index < -0.39 is 5.76 Å². The Kier molecular flexibility index (Phi) is 1.88. The summed E-state index contributed by atoms with van der Waals surface area (Å²) in [4.78, 5) is 26.0. The molecule has 1 heterocycles. The van der Waals surface area contributed by atoms with Crippen LogP contribution in [0.15, 0.2) is 27.4 Å². The number of aromatic amines is 1. The van der Waals surface area contributed by atoms with Crippen LogP contribution < -0.4 is 5.76 Å². The first-order valence-electron chi connectivity index (χ1n) is 6.41. The molecule has 18 heavy (non-hydrogen) atoms. The van der Waals surface area contributed by atoms with Gasteiger partial charge in [-0.15, -0.1) is 0 Å². The number of hydrogen-bond acceptors (Lipinski definition) is 3. The normalized spacial score (nSPS) is 29.4. The summed E-state index contributed by atoms with van der Waals surface area (Å²) in [5.41, 5.74) is 1.79. The second-order valence-corrected chi connectivity index (χ2v) is 5.37. The second-order valence-electron chi connectivity index (χ2n) is 5.37. The molecule has 92 valence electrons. The Morgan fingerprint density at radius 3 is 2.83 bits per heavy atom. The van der Waals surface area contributed by atoms with Crippen LogP contribution in [0, 0.1) is 17.8 Å². The van der Waals surface area contributed by atoms with E-state index >= 15 is 0 Å². The van der Waals surface area contributed by atoms with E-state index in [9.17, 15) is 9.59 Å². The lowest BCUT2D eigenvalue weighted by atomic mass is 10.0. The van der Waals surface area contributed by atoms with Crippen molar-refractivity contribution in [3.8, 4) is 0 Å². The van der Waals surface area contributed by atoms with Crippen molar-refractivity contribution in [2.24, 2.45) is 17.8 Å². The maximum Gasteiger partial charge on any atom is 0.417 e. The number of aromatic nitrogens is 1. The summed E-state index contributed by atoms with van der Waals surface area (Å²) >= 11 is 0. The number of benzene rings is 1. The SMILES string of the molecule is O=C(c1ccc2[nH]c(=O)oc2c1)C1C2CCCC21. The topological polar surface area (TPSA) is 63.1 Å². The van der Waals surface area contributed by atoms with Crippen molar-refractivity contribution in [1.29, 1.82) is 0 Å². The molecule has 2 aromatic rings. The number of H-pyrrole nitrogens is 1. The van der Waals surface area contributed by atoms with E-state index in [0.29, 0.717) is 28.5 Å². The zero-order valence-electron chi connectivity index (χ0n) is 9.81. The molecular formula is C14H13NO3. The Morgan fingerprint density at radius 1 is 1.28 bits per heavy atom. The van der Waals surface area contributed by atoms with Crippen LogP contribution in [-0.2, 0) is 0 Å². The summed E-state index contributed by atoms with van der Waals surface area (Å²) in [6.07, 6.45) is 3.66. The minimum atomic E-state index is -0.474. The molecule has 2 atom stereocenters. The fourth-order valence-corrected chi connectivity index (χ4v) is 3.50. The molecule has 0 bridgehead atoms. The Bertz CT molecular complexity index is 686. The number of carbonyl (C=O) groups is 1. The minimum absolute atomic E-state index is 0.218. The fraction of sp³-hybridized carbons (Fsp3) is 0.429. The highest BCUT2D eigenvalue weighted by atomic mass is 16.4. The van der Waals surface area contributed by atoms with Gasteiger partial charge in [0.05, 0.1) is 5.52 Å². The van der Waals surface area contributed by atoms with Gasteiger partial charge in [0.25, 0.3) is 0 Å². The first kappa shape index (κ1) is 10.1. The first-order valence-corrected chi connectivity index (χ1v) is 6.41. The summed E-state index contributed by atoms with van der Waals surface area (Å²) in [6, 6.07) is 5.21. The Morgan fingerprint density at radius 2 is 2.06 bits per heavy atom. The number of carbonyl (C=O) groups excluding carboxylic acids is 1. The smallest absolute Gasteiger partial charge is 0.408 e. The number of rotatable bonds is 2. The van der Waals surface area contributed by atoms with Crippen molar-refractivity contribution in [2.45, 2.75) is 19.3 Å². The highest BCUT2D eigenvalue weighted by Crippen LogP contribution is 2.58. The molecule has 0 spiro atoms. The molecule has 1 aromatic heterocycles. The molecule has 1 N–H and O–H groups in total. The van der Waals surface area contributed by atoms with Crippen molar-refractivity contribution in [3.63, 3.8) is 0 Å². The van der Waals surface area contributed by atoms with Gasteiger partial charge in [-0.2, -0.15) is 0 Å². The Balaban J connectivity index is 1.70. The molecule has 4 heteroatoms. The largest absolute Gasteiger partial charge is 0.417 e. The molecule has 2 saturated carbocycles. The van der Waals surface area contributed by atoms with E-state index in [1.54, 1.807) is 18.2 Å². The molecule has 4 nitrogen and oxygen atoms in total. The third-order valence-corrected chi connectivity index (χ3v) is 4.41. The molecule has 2 aliphatic carbocycles. The Hall–Kier alpha value is -1.84. The van der Waals surface area contributed by atoms with Crippen molar-refractivity contribution < 1.29 is 9.21 Å². The van der Waals surface area contributed by atoms with Gasteiger partial charge < -0.3 is 4.42 Å². The quantitative estimate of drug-likeness (QED) is 0.823. The highest BCUT2D eigenvalue weighted by molar-refractivity contribution is 6.02. The van der Waals surface area contributed by atoms with Crippen molar-refractivity contribution in [3.05, 3.63) is 34.3 Å². The minimum Gasteiger partial charge on any atom is -0.408 e. The predicted molar refractivity (Wildman–Crippen MR) is 65.5 cm³/mol. The van der Waals surface area contributed by atoms with E-state index in [-0.39, 0.29) is 11.7 Å². The molecule has 1 aromatic carbocycles. The number of oxazole rings is 1. The average Bonchev–Trinajstić information content (AvgIpc) is 2.74. The standard InChI is InChI=1S/C14H13NO3/c16-13(12-8-2-1-3-9(8)12)7-4-5-10-11(6-7)18-14(17)15-10/h4-6,8-9,12H,1-3H2,(H,15,17). The number of fused-ring (bicyclic) bond motifs is 2. The monoisotopic (exact) mass is 243 g/mol. The molecule has 0 amide bonds. The van der Waals surface area contributed by atoms with E-state index in [0.717, 1.165) is 0 Å². The van der Waals surface area contributed by atoms with Gasteiger partial charge in [0.2, 0.25) is 0 Å². The molecule has 0 aliphatic heterocycles. The summed E-state index contributed by atoms with van der Waals surface area (Å²) in [6.45, 7) is 0. The van der Waals surface area contributed by atoms with Crippen molar-refractivity contribution >= 4 is 16.9 Å². The Labute approximate surface area is 103 Å².